The molecule has 0 aromatic rings. The minimum absolute atomic E-state index is 0.0220. The third-order valence-corrected chi connectivity index (χ3v) is 16.8. The van der Waals surface area contributed by atoms with Crippen molar-refractivity contribution in [2.24, 2.45) is 67.5 Å². The van der Waals surface area contributed by atoms with E-state index in [2.05, 4.69) is 58.8 Å². The number of amides is 2. The number of carbonyl (C=O) groups is 4. The topological polar surface area (TPSA) is 133 Å². The minimum Gasteiger partial charge on any atom is -0.481 e. The van der Waals surface area contributed by atoms with Crippen LogP contribution in [0.25, 0.3) is 0 Å². The van der Waals surface area contributed by atoms with E-state index in [0.717, 1.165) is 38.5 Å². The number of hydrogen-bond donors (Lipinski definition) is 4. The van der Waals surface area contributed by atoms with E-state index >= 15 is 0 Å². The Labute approximate surface area is 314 Å². The second-order valence-electron chi connectivity index (χ2n) is 21.6. The Morgan fingerprint density at radius 3 is 1.87 bits per heavy atom. The molecule has 2 amide bonds. The first-order valence-corrected chi connectivity index (χ1v) is 20.5. The number of fused-ring (bicyclic) bond motifs is 7. The van der Waals surface area contributed by atoms with Gasteiger partial charge in [-0.25, -0.2) is 0 Å². The lowest BCUT2D eigenvalue weighted by molar-refractivity contribution is -0.238. The average Bonchev–Trinajstić information content (AvgIpc) is 3.36. The van der Waals surface area contributed by atoms with Gasteiger partial charge in [0.1, 0.15) is 0 Å². The SMILES string of the molecule is C=C(C)[C@@H]1CC[C@]2(CNC(=O)CC(C)(C)CC(=O)O)CC[C@]3(C)[C@H](CC[C@@H]4[C@@]5(C)CC[C@H](NC(=O)CC(C)(C)CC(=O)O)C(C)(C)[C@@H]5CC[C@]43C)[C@@H]12. The first-order chi connectivity index (χ1) is 23.8. The van der Waals surface area contributed by atoms with Crippen molar-refractivity contribution in [2.45, 2.75) is 165 Å². The maximum absolute atomic E-state index is 13.3. The lowest BCUT2D eigenvalue weighted by Gasteiger charge is -2.73. The molecule has 52 heavy (non-hydrogen) atoms. The molecule has 10 atom stereocenters. The van der Waals surface area contributed by atoms with Crippen LogP contribution in [0.2, 0.25) is 0 Å². The number of aliphatic carboxylic acids is 2. The Hall–Kier alpha value is -2.38. The average molecular weight is 725 g/mol. The molecule has 5 fully saturated rings. The van der Waals surface area contributed by atoms with Gasteiger partial charge < -0.3 is 20.8 Å². The highest BCUT2D eigenvalue weighted by atomic mass is 16.4. The summed E-state index contributed by atoms with van der Waals surface area (Å²) in [6, 6.07) is 0.0741. The Morgan fingerprint density at radius 2 is 1.29 bits per heavy atom. The lowest BCUT2D eigenvalue weighted by Crippen LogP contribution is -2.68. The molecule has 8 nitrogen and oxygen atoms in total. The van der Waals surface area contributed by atoms with Crippen molar-refractivity contribution in [2.75, 3.05) is 6.54 Å². The van der Waals surface area contributed by atoms with Crippen LogP contribution < -0.4 is 10.6 Å². The smallest absolute Gasteiger partial charge is 0.303 e. The van der Waals surface area contributed by atoms with Crippen molar-refractivity contribution < 1.29 is 29.4 Å². The molecule has 4 N–H and O–H groups in total. The molecule has 0 aromatic carbocycles. The summed E-state index contributed by atoms with van der Waals surface area (Å²) in [6.45, 7) is 27.5. The maximum atomic E-state index is 13.3. The van der Waals surface area contributed by atoms with Crippen LogP contribution in [0.15, 0.2) is 12.2 Å². The van der Waals surface area contributed by atoms with Crippen LogP contribution in [0.1, 0.15) is 159 Å². The van der Waals surface area contributed by atoms with Gasteiger partial charge in [0.05, 0.1) is 12.8 Å². The lowest BCUT2D eigenvalue weighted by atomic mass is 9.32. The van der Waals surface area contributed by atoms with Gasteiger partial charge in [0.2, 0.25) is 11.8 Å². The summed E-state index contributed by atoms with van der Waals surface area (Å²) < 4.78 is 0. The van der Waals surface area contributed by atoms with E-state index in [4.69, 9.17) is 0 Å². The standard InChI is InChI=1S/C44H72N2O6/c1-27(2)28-14-19-44(26-45-33(47)22-38(3,4)24-35(49)50)21-20-42(10)29(37(28)44)12-13-31-41(9)17-16-32(40(7,8)30(41)15-18-43(31,42)11)46-34(48)23-39(5,6)25-36(51)52/h28-32,37H,1,12-26H2,2-11H3,(H,45,47)(H,46,48)(H,49,50)(H,51,52)/t28-,29+,30-,31+,32-,37+,41-,42+,43+,44+/m0/s1. The zero-order chi connectivity index (χ0) is 38.9. The number of carboxylic acid groups (broad SMARTS) is 2. The largest absolute Gasteiger partial charge is 0.481 e. The molecule has 0 aliphatic heterocycles. The number of carbonyl (C=O) groups excluding carboxylic acids is 2. The summed E-state index contributed by atoms with van der Waals surface area (Å²) in [5, 5.41) is 25.5. The molecular weight excluding hydrogens is 652 g/mol. The van der Waals surface area contributed by atoms with Crippen molar-refractivity contribution >= 4 is 23.8 Å². The fourth-order valence-corrected chi connectivity index (χ4v) is 14.3. The molecule has 294 valence electrons. The fourth-order valence-electron chi connectivity index (χ4n) is 14.3. The molecule has 8 heteroatoms. The zero-order valence-corrected chi connectivity index (χ0v) is 34.3. The van der Waals surface area contributed by atoms with Gasteiger partial charge in [-0.1, -0.05) is 74.5 Å². The first-order valence-electron chi connectivity index (χ1n) is 20.5. The van der Waals surface area contributed by atoms with Crippen LogP contribution in [-0.2, 0) is 19.2 Å². The van der Waals surface area contributed by atoms with Crippen molar-refractivity contribution in [3.63, 3.8) is 0 Å². The summed E-state index contributed by atoms with van der Waals surface area (Å²) in [5.41, 5.74) is 0.601. The molecular formula is C44H72N2O6. The van der Waals surface area contributed by atoms with Crippen LogP contribution in [0.5, 0.6) is 0 Å². The molecule has 0 bridgehead atoms. The van der Waals surface area contributed by atoms with Crippen molar-refractivity contribution in [3.8, 4) is 0 Å². The fraction of sp³-hybridized carbons (Fsp3) is 0.864. The Morgan fingerprint density at radius 1 is 0.692 bits per heavy atom. The molecule has 5 rings (SSSR count). The maximum Gasteiger partial charge on any atom is 0.303 e. The number of rotatable bonds is 12. The summed E-state index contributed by atoms with van der Waals surface area (Å²) in [6.07, 6.45) is 11.7. The van der Waals surface area contributed by atoms with Gasteiger partial charge in [-0.3, -0.25) is 19.2 Å². The Kier molecular flexibility index (Phi) is 10.8. The third-order valence-electron chi connectivity index (χ3n) is 16.8. The highest BCUT2D eigenvalue weighted by molar-refractivity contribution is 5.78. The van der Waals surface area contributed by atoms with E-state index in [1.165, 1.54) is 31.3 Å². The molecule has 0 spiro atoms. The van der Waals surface area contributed by atoms with E-state index in [1.54, 1.807) is 0 Å². The molecule has 5 aliphatic carbocycles. The molecule has 0 unspecified atom stereocenters. The highest BCUT2D eigenvalue weighted by Crippen LogP contribution is 2.77. The van der Waals surface area contributed by atoms with E-state index in [9.17, 15) is 29.4 Å². The van der Waals surface area contributed by atoms with Crippen molar-refractivity contribution in [1.29, 1.82) is 0 Å². The van der Waals surface area contributed by atoms with Crippen LogP contribution >= 0.6 is 0 Å². The number of hydrogen-bond acceptors (Lipinski definition) is 4. The summed E-state index contributed by atoms with van der Waals surface area (Å²) >= 11 is 0. The van der Waals surface area contributed by atoms with E-state index in [1.807, 2.05) is 27.7 Å². The van der Waals surface area contributed by atoms with Gasteiger partial charge in [0, 0.05) is 25.4 Å². The van der Waals surface area contributed by atoms with Crippen LogP contribution in [0.3, 0.4) is 0 Å². The zero-order valence-electron chi connectivity index (χ0n) is 34.3. The molecule has 5 saturated carbocycles. The van der Waals surface area contributed by atoms with Gasteiger partial charge in [-0.15, -0.1) is 0 Å². The molecule has 0 radical (unpaired) electrons. The van der Waals surface area contributed by atoms with Crippen LogP contribution in [0, 0.1) is 67.5 Å². The second-order valence-corrected chi connectivity index (χ2v) is 21.6. The summed E-state index contributed by atoms with van der Waals surface area (Å²) in [7, 11) is 0. The number of nitrogens with one attached hydrogen (secondary N) is 2. The second kappa shape index (κ2) is 13.7. The van der Waals surface area contributed by atoms with Crippen LogP contribution in [-0.4, -0.2) is 46.6 Å². The van der Waals surface area contributed by atoms with Crippen molar-refractivity contribution in [3.05, 3.63) is 12.2 Å². The monoisotopic (exact) mass is 725 g/mol. The predicted octanol–water partition coefficient (Wildman–Crippen LogP) is 9.03. The van der Waals surface area contributed by atoms with E-state index in [0.29, 0.717) is 36.1 Å². The molecule has 0 heterocycles. The molecule has 5 aliphatic rings. The van der Waals surface area contributed by atoms with Gasteiger partial charge in [0.15, 0.2) is 0 Å². The van der Waals surface area contributed by atoms with Gasteiger partial charge >= 0.3 is 11.9 Å². The van der Waals surface area contributed by atoms with E-state index < -0.39 is 22.8 Å². The normalized spacial score (nSPS) is 39.6. The minimum atomic E-state index is -0.868. The van der Waals surface area contributed by atoms with Crippen molar-refractivity contribution in [1.82, 2.24) is 10.6 Å². The van der Waals surface area contributed by atoms with Gasteiger partial charge in [-0.05, 0) is 139 Å². The molecule has 0 aromatic heterocycles. The molecule has 0 saturated heterocycles. The Bertz CT molecular complexity index is 1450. The van der Waals surface area contributed by atoms with Crippen LogP contribution in [0.4, 0.5) is 0 Å². The Balaban J connectivity index is 1.36. The highest BCUT2D eigenvalue weighted by Gasteiger charge is 2.71. The summed E-state index contributed by atoms with van der Waals surface area (Å²) in [4.78, 5) is 49.5. The summed E-state index contributed by atoms with van der Waals surface area (Å²) in [5.74, 6) is 0.775. The van der Waals surface area contributed by atoms with Gasteiger partial charge in [0.25, 0.3) is 0 Å². The third kappa shape index (κ3) is 7.11. The van der Waals surface area contributed by atoms with Gasteiger partial charge in [-0.2, -0.15) is 0 Å². The first kappa shape index (κ1) is 40.8. The number of carboxylic acids is 2. The number of allylic oxidation sites excluding steroid dienone is 1. The predicted molar refractivity (Wildman–Crippen MR) is 205 cm³/mol. The quantitative estimate of drug-likeness (QED) is 0.149. The van der Waals surface area contributed by atoms with E-state index in [-0.39, 0.29) is 70.6 Å².